The minimum absolute atomic E-state index is 0.434. The molecule has 2 atom stereocenters. The Bertz CT molecular complexity index is 121. The first-order valence-electron chi connectivity index (χ1n) is 5.68. The van der Waals surface area contributed by atoms with Gasteiger partial charge in [-0.25, -0.2) is 0 Å². The molecular weight excluding hydrogens is 162 g/mol. The number of hydrogen-bond donors (Lipinski definition) is 1. The maximum Gasteiger partial charge on any atom is 0.0544 e. The number of hydrogen-bond acceptors (Lipinski definition) is 2. The van der Waals surface area contributed by atoms with Gasteiger partial charge in [-0.3, -0.25) is 0 Å². The smallest absolute Gasteiger partial charge is 0.0544 e. The number of piperidine rings is 1. The van der Waals surface area contributed by atoms with Gasteiger partial charge in [0.25, 0.3) is 0 Å². The Morgan fingerprint density at radius 1 is 1.46 bits per heavy atom. The molecule has 2 unspecified atom stereocenters. The molecule has 1 saturated heterocycles. The topological polar surface area (TPSA) is 21.3 Å². The van der Waals surface area contributed by atoms with E-state index in [4.69, 9.17) is 4.74 Å². The zero-order chi connectivity index (χ0) is 9.52. The molecule has 1 N–H and O–H groups in total. The van der Waals surface area contributed by atoms with Gasteiger partial charge in [0.15, 0.2) is 0 Å². The summed E-state index contributed by atoms with van der Waals surface area (Å²) in [4.78, 5) is 0. The van der Waals surface area contributed by atoms with Crippen LogP contribution in [-0.2, 0) is 4.74 Å². The Balaban J connectivity index is 1.98. The van der Waals surface area contributed by atoms with E-state index in [0.29, 0.717) is 6.10 Å². The van der Waals surface area contributed by atoms with Gasteiger partial charge in [-0.15, -0.1) is 0 Å². The number of rotatable bonds is 5. The molecule has 1 aliphatic rings. The van der Waals surface area contributed by atoms with Crippen molar-refractivity contribution in [3.05, 3.63) is 0 Å². The van der Waals surface area contributed by atoms with Crippen LogP contribution in [0, 0.1) is 0 Å². The highest BCUT2D eigenvalue weighted by Crippen LogP contribution is 2.10. The Labute approximate surface area is 82.0 Å². The molecule has 0 spiro atoms. The zero-order valence-electron chi connectivity index (χ0n) is 9.01. The Hall–Kier alpha value is -0.0800. The van der Waals surface area contributed by atoms with E-state index in [0.717, 1.165) is 19.1 Å². The van der Waals surface area contributed by atoms with Crippen molar-refractivity contribution >= 4 is 0 Å². The van der Waals surface area contributed by atoms with Gasteiger partial charge in [0.05, 0.1) is 6.10 Å². The Morgan fingerprint density at radius 2 is 2.31 bits per heavy atom. The monoisotopic (exact) mass is 185 g/mol. The van der Waals surface area contributed by atoms with Gasteiger partial charge in [-0.05, 0) is 39.2 Å². The molecule has 1 aliphatic heterocycles. The summed E-state index contributed by atoms with van der Waals surface area (Å²) in [5.74, 6) is 0. The van der Waals surface area contributed by atoms with E-state index in [-0.39, 0.29) is 0 Å². The third-order valence-corrected chi connectivity index (χ3v) is 2.86. The average molecular weight is 185 g/mol. The van der Waals surface area contributed by atoms with Gasteiger partial charge in [-0.1, -0.05) is 13.3 Å². The van der Waals surface area contributed by atoms with Crippen molar-refractivity contribution in [1.82, 2.24) is 5.32 Å². The Morgan fingerprint density at radius 3 is 2.92 bits per heavy atom. The summed E-state index contributed by atoms with van der Waals surface area (Å²) in [5.41, 5.74) is 0. The molecule has 1 heterocycles. The summed E-state index contributed by atoms with van der Waals surface area (Å²) in [6, 6.07) is 0.720. The highest BCUT2D eigenvalue weighted by Gasteiger charge is 2.12. The summed E-state index contributed by atoms with van der Waals surface area (Å²) < 4.78 is 5.65. The quantitative estimate of drug-likeness (QED) is 0.710. The normalized spacial score (nSPS) is 25.8. The lowest BCUT2D eigenvalue weighted by Crippen LogP contribution is -2.35. The predicted octanol–water partition coefficient (Wildman–Crippen LogP) is 2.33. The SMILES string of the molecule is CCC(C)OCCC1CCCCN1. The molecule has 78 valence electrons. The first-order chi connectivity index (χ1) is 6.33. The third kappa shape index (κ3) is 4.63. The van der Waals surface area contributed by atoms with Crippen LogP contribution in [0.2, 0.25) is 0 Å². The Kier molecular flexibility index (Phi) is 5.40. The van der Waals surface area contributed by atoms with E-state index in [1.807, 2.05) is 0 Å². The first kappa shape index (κ1) is 11.0. The molecule has 2 heteroatoms. The van der Waals surface area contributed by atoms with Crippen molar-refractivity contribution in [3.63, 3.8) is 0 Å². The highest BCUT2D eigenvalue weighted by molar-refractivity contribution is 4.71. The lowest BCUT2D eigenvalue weighted by atomic mass is 10.0. The second-order valence-electron chi connectivity index (χ2n) is 4.03. The molecule has 0 aromatic rings. The molecule has 0 bridgehead atoms. The average Bonchev–Trinajstić information content (AvgIpc) is 2.19. The van der Waals surface area contributed by atoms with E-state index in [2.05, 4.69) is 19.2 Å². The van der Waals surface area contributed by atoms with Crippen LogP contribution in [0.1, 0.15) is 46.0 Å². The van der Waals surface area contributed by atoms with Crippen molar-refractivity contribution in [2.75, 3.05) is 13.2 Å². The standard InChI is InChI=1S/C11H23NO/c1-3-10(2)13-9-7-11-6-4-5-8-12-11/h10-12H,3-9H2,1-2H3. The van der Waals surface area contributed by atoms with E-state index in [1.165, 1.54) is 32.2 Å². The zero-order valence-corrected chi connectivity index (χ0v) is 9.01. The molecule has 1 rings (SSSR count). The molecule has 0 saturated carbocycles. The largest absolute Gasteiger partial charge is 0.378 e. The second-order valence-corrected chi connectivity index (χ2v) is 4.03. The van der Waals surface area contributed by atoms with Crippen LogP contribution in [0.5, 0.6) is 0 Å². The van der Waals surface area contributed by atoms with Gasteiger partial charge in [-0.2, -0.15) is 0 Å². The van der Waals surface area contributed by atoms with Gasteiger partial charge >= 0.3 is 0 Å². The number of nitrogens with one attached hydrogen (secondary N) is 1. The van der Waals surface area contributed by atoms with Crippen molar-refractivity contribution in [2.24, 2.45) is 0 Å². The van der Waals surface area contributed by atoms with Crippen LogP contribution in [0.3, 0.4) is 0 Å². The molecule has 2 nitrogen and oxygen atoms in total. The highest BCUT2D eigenvalue weighted by atomic mass is 16.5. The minimum Gasteiger partial charge on any atom is -0.378 e. The summed E-state index contributed by atoms with van der Waals surface area (Å²) in [7, 11) is 0. The molecule has 1 fully saturated rings. The van der Waals surface area contributed by atoms with Gasteiger partial charge in [0.1, 0.15) is 0 Å². The van der Waals surface area contributed by atoms with Crippen LogP contribution in [0.15, 0.2) is 0 Å². The lowest BCUT2D eigenvalue weighted by molar-refractivity contribution is 0.0555. The fourth-order valence-corrected chi connectivity index (χ4v) is 1.70. The third-order valence-electron chi connectivity index (χ3n) is 2.86. The number of ether oxygens (including phenoxy) is 1. The van der Waals surface area contributed by atoms with Crippen molar-refractivity contribution in [3.8, 4) is 0 Å². The maximum absolute atomic E-state index is 5.65. The summed E-state index contributed by atoms with van der Waals surface area (Å²) in [6.45, 7) is 6.44. The maximum atomic E-state index is 5.65. The minimum atomic E-state index is 0.434. The van der Waals surface area contributed by atoms with Crippen LogP contribution < -0.4 is 5.32 Å². The first-order valence-corrected chi connectivity index (χ1v) is 5.68. The molecule has 0 aromatic carbocycles. The van der Waals surface area contributed by atoms with Crippen LogP contribution in [0.25, 0.3) is 0 Å². The second kappa shape index (κ2) is 6.39. The van der Waals surface area contributed by atoms with Crippen LogP contribution in [-0.4, -0.2) is 25.3 Å². The molecule has 0 amide bonds. The van der Waals surface area contributed by atoms with E-state index in [1.54, 1.807) is 0 Å². The summed E-state index contributed by atoms with van der Waals surface area (Å²) >= 11 is 0. The van der Waals surface area contributed by atoms with E-state index in [9.17, 15) is 0 Å². The van der Waals surface area contributed by atoms with Crippen molar-refractivity contribution < 1.29 is 4.74 Å². The van der Waals surface area contributed by atoms with Gasteiger partial charge in [0.2, 0.25) is 0 Å². The van der Waals surface area contributed by atoms with E-state index >= 15 is 0 Å². The molecule has 0 aromatic heterocycles. The van der Waals surface area contributed by atoms with Crippen molar-refractivity contribution in [1.29, 1.82) is 0 Å². The van der Waals surface area contributed by atoms with Gasteiger partial charge in [0, 0.05) is 12.6 Å². The molecule has 0 aliphatic carbocycles. The fraction of sp³-hybridized carbons (Fsp3) is 1.00. The van der Waals surface area contributed by atoms with Gasteiger partial charge < -0.3 is 10.1 Å². The van der Waals surface area contributed by atoms with E-state index < -0.39 is 0 Å². The lowest BCUT2D eigenvalue weighted by Gasteiger charge is -2.23. The molecule has 13 heavy (non-hydrogen) atoms. The molecular formula is C11H23NO. The predicted molar refractivity (Wildman–Crippen MR) is 56.0 cm³/mol. The molecule has 0 radical (unpaired) electrons. The van der Waals surface area contributed by atoms with Crippen LogP contribution in [0.4, 0.5) is 0 Å². The fourth-order valence-electron chi connectivity index (χ4n) is 1.70. The summed E-state index contributed by atoms with van der Waals surface area (Å²) in [5, 5.41) is 3.53. The summed E-state index contributed by atoms with van der Waals surface area (Å²) in [6.07, 6.45) is 6.82. The van der Waals surface area contributed by atoms with Crippen LogP contribution >= 0.6 is 0 Å². The van der Waals surface area contributed by atoms with Crippen molar-refractivity contribution in [2.45, 2.75) is 58.1 Å².